The monoisotopic (exact) mass is 419 g/mol. The van der Waals surface area contributed by atoms with Gasteiger partial charge in [-0.15, -0.1) is 0 Å². The van der Waals surface area contributed by atoms with E-state index in [2.05, 4.69) is 6.92 Å². The van der Waals surface area contributed by atoms with Crippen molar-refractivity contribution in [1.82, 2.24) is 0 Å². The second-order valence-corrected chi connectivity index (χ2v) is 9.92. The van der Waals surface area contributed by atoms with Crippen LogP contribution in [0.25, 0.3) is 0 Å². The molecule has 158 valence electrons. The van der Waals surface area contributed by atoms with Crippen LogP contribution >= 0.6 is 0 Å². The molecule has 2 fully saturated rings. The number of hydrogen-bond acceptors (Lipinski definition) is 5. The molecule has 1 aromatic carbocycles. The molecule has 2 N–H and O–H groups in total. The third-order valence-electron chi connectivity index (χ3n) is 7.34. The minimum Gasteiger partial charge on any atom is -0.463 e. The second-order valence-electron chi connectivity index (χ2n) is 8.77. The number of aryl methyl sites for hydroxylation is 1. The van der Waals surface area contributed by atoms with E-state index in [0.717, 1.165) is 44.1 Å². The zero-order valence-corrected chi connectivity index (χ0v) is 17.8. The number of rotatable bonds is 4. The highest BCUT2D eigenvalue weighted by atomic mass is 32.2. The third-order valence-corrected chi connectivity index (χ3v) is 7.76. The fourth-order valence-electron chi connectivity index (χ4n) is 6.16. The number of nitrogens with two attached hydrogens (primary N) is 1. The van der Waals surface area contributed by atoms with Crippen molar-refractivity contribution in [2.45, 2.75) is 58.3 Å². The van der Waals surface area contributed by atoms with E-state index in [0.29, 0.717) is 24.4 Å². The van der Waals surface area contributed by atoms with Gasteiger partial charge in [-0.1, -0.05) is 18.6 Å². The molecule has 2 saturated carbocycles. The maximum atomic E-state index is 12.0. The van der Waals surface area contributed by atoms with E-state index in [4.69, 9.17) is 14.1 Å². The maximum Gasteiger partial charge on any atom is 0.380 e. The topological polar surface area (TPSA) is 95.7 Å². The van der Waals surface area contributed by atoms with Crippen LogP contribution in [0.3, 0.4) is 0 Å². The average molecular weight is 420 g/mol. The molecule has 0 heterocycles. The lowest BCUT2D eigenvalue weighted by molar-refractivity contribution is -0.137. The van der Waals surface area contributed by atoms with Gasteiger partial charge in [0.25, 0.3) is 0 Å². The first kappa shape index (κ1) is 20.4. The molecule has 4 atom stereocenters. The van der Waals surface area contributed by atoms with Crippen molar-refractivity contribution >= 4 is 16.3 Å². The molecule has 29 heavy (non-hydrogen) atoms. The summed E-state index contributed by atoms with van der Waals surface area (Å²) in [5.41, 5.74) is 3.80. The molecule has 0 bridgehead atoms. The van der Waals surface area contributed by atoms with Gasteiger partial charge >= 0.3 is 16.3 Å². The van der Waals surface area contributed by atoms with Crippen molar-refractivity contribution in [1.29, 1.82) is 0 Å². The standard InChI is InChI=1S/C22H29NO5S/c1-3-27-21(24)13-15-5-9-20-19-7-4-14-12-16(28-29(23,25)26)6-8-17(14)18(19)10-11-22(15,20)2/h6,8,12-13,18-20H,3-5,7,9-11H2,1-2H3,(H2,23,25,26)/t18-,19-,20+,22-/m1/s1. The lowest BCUT2D eigenvalue weighted by Crippen LogP contribution is -2.40. The lowest BCUT2D eigenvalue weighted by Gasteiger charge is -2.49. The highest BCUT2D eigenvalue weighted by Crippen LogP contribution is 2.62. The smallest absolute Gasteiger partial charge is 0.380 e. The van der Waals surface area contributed by atoms with Crippen molar-refractivity contribution in [3.8, 4) is 5.75 Å². The molecule has 1 aromatic rings. The van der Waals surface area contributed by atoms with Gasteiger partial charge in [0.1, 0.15) is 5.75 Å². The number of carbonyl (C=O) groups is 1. The van der Waals surface area contributed by atoms with Gasteiger partial charge in [-0.2, -0.15) is 13.6 Å². The maximum absolute atomic E-state index is 12.0. The minimum absolute atomic E-state index is 0.0715. The van der Waals surface area contributed by atoms with Crippen LogP contribution in [0, 0.1) is 17.3 Å². The average Bonchev–Trinajstić information content (AvgIpc) is 2.96. The Bertz CT molecular complexity index is 954. The van der Waals surface area contributed by atoms with Crippen LogP contribution in [-0.2, 0) is 26.3 Å². The first-order valence-corrected chi connectivity index (χ1v) is 11.9. The summed E-state index contributed by atoms with van der Waals surface area (Å²) in [6, 6.07) is 5.55. The van der Waals surface area contributed by atoms with Crippen LogP contribution in [0.15, 0.2) is 29.8 Å². The highest BCUT2D eigenvalue weighted by Gasteiger charge is 2.52. The predicted octanol–water partition coefficient (Wildman–Crippen LogP) is 3.61. The van der Waals surface area contributed by atoms with Crippen molar-refractivity contribution < 1.29 is 22.1 Å². The number of esters is 1. The Morgan fingerprint density at radius 1 is 1.28 bits per heavy atom. The molecule has 3 aliphatic rings. The van der Waals surface area contributed by atoms with Gasteiger partial charge in [0.2, 0.25) is 0 Å². The van der Waals surface area contributed by atoms with Gasteiger partial charge in [-0.25, -0.2) is 4.79 Å². The van der Waals surface area contributed by atoms with Crippen molar-refractivity contribution in [2.75, 3.05) is 6.61 Å². The summed E-state index contributed by atoms with van der Waals surface area (Å²) >= 11 is 0. The summed E-state index contributed by atoms with van der Waals surface area (Å²) in [4.78, 5) is 12.0. The van der Waals surface area contributed by atoms with Crippen molar-refractivity contribution in [2.24, 2.45) is 22.4 Å². The molecule has 6 nitrogen and oxygen atoms in total. The summed E-state index contributed by atoms with van der Waals surface area (Å²) in [7, 11) is -4.01. The van der Waals surface area contributed by atoms with E-state index in [1.165, 1.54) is 11.1 Å². The highest BCUT2D eigenvalue weighted by molar-refractivity contribution is 7.84. The second kappa shape index (κ2) is 7.43. The van der Waals surface area contributed by atoms with Crippen LogP contribution in [0.2, 0.25) is 0 Å². The molecule has 0 unspecified atom stereocenters. The quantitative estimate of drug-likeness (QED) is 0.594. The Labute approximate surface area is 172 Å². The fraction of sp³-hybridized carbons (Fsp3) is 0.591. The Hall–Kier alpha value is -1.86. The number of hydrogen-bond donors (Lipinski definition) is 1. The first-order valence-electron chi connectivity index (χ1n) is 10.4. The summed E-state index contributed by atoms with van der Waals surface area (Å²) in [5.74, 6) is 1.69. The Morgan fingerprint density at radius 2 is 2.07 bits per heavy atom. The molecular formula is C22H29NO5S. The summed E-state index contributed by atoms with van der Waals surface area (Å²) in [5, 5.41) is 5.00. The largest absolute Gasteiger partial charge is 0.463 e. The fourth-order valence-corrected chi connectivity index (χ4v) is 6.53. The van der Waals surface area contributed by atoms with Gasteiger partial charge in [-0.05, 0) is 91.9 Å². The number of carbonyl (C=O) groups excluding carboxylic acids is 1. The van der Waals surface area contributed by atoms with Gasteiger partial charge in [0, 0.05) is 6.08 Å². The van der Waals surface area contributed by atoms with E-state index in [1.54, 1.807) is 12.1 Å². The molecule has 7 heteroatoms. The lowest BCUT2D eigenvalue weighted by atomic mass is 9.55. The van der Waals surface area contributed by atoms with Crippen LogP contribution in [-0.4, -0.2) is 21.0 Å². The molecular weight excluding hydrogens is 390 g/mol. The molecule has 3 aliphatic carbocycles. The minimum atomic E-state index is -4.01. The molecule has 0 radical (unpaired) electrons. The molecule has 0 aliphatic heterocycles. The van der Waals surface area contributed by atoms with Gasteiger partial charge in [-0.3, -0.25) is 0 Å². The van der Waals surface area contributed by atoms with Crippen LogP contribution in [0.4, 0.5) is 0 Å². The molecule has 0 aromatic heterocycles. The Balaban J connectivity index is 1.58. The van der Waals surface area contributed by atoms with Gasteiger partial charge in [0.05, 0.1) is 6.61 Å². The predicted molar refractivity (Wildman–Crippen MR) is 110 cm³/mol. The zero-order valence-electron chi connectivity index (χ0n) is 17.0. The summed E-state index contributed by atoms with van der Waals surface area (Å²) in [6.07, 6.45) is 7.93. The molecule has 0 amide bonds. The van der Waals surface area contributed by atoms with E-state index in [1.807, 2.05) is 19.1 Å². The Kier molecular flexibility index (Phi) is 5.23. The van der Waals surface area contributed by atoms with E-state index in [9.17, 15) is 13.2 Å². The molecule has 0 spiro atoms. The normalized spacial score (nSPS) is 32.2. The summed E-state index contributed by atoms with van der Waals surface area (Å²) in [6.45, 7) is 4.56. The third kappa shape index (κ3) is 3.82. The van der Waals surface area contributed by atoms with E-state index in [-0.39, 0.29) is 17.1 Å². The number of fused-ring (bicyclic) bond motifs is 5. The number of benzene rings is 1. The van der Waals surface area contributed by atoms with Gasteiger partial charge in [0.15, 0.2) is 0 Å². The number of allylic oxidation sites excluding steroid dienone is 1. The first-order chi connectivity index (χ1) is 13.7. The van der Waals surface area contributed by atoms with Crippen LogP contribution < -0.4 is 9.32 Å². The summed E-state index contributed by atoms with van der Waals surface area (Å²) < 4.78 is 32.5. The Morgan fingerprint density at radius 3 is 2.79 bits per heavy atom. The van der Waals surface area contributed by atoms with Crippen molar-refractivity contribution in [3.63, 3.8) is 0 Å². The van der Waals surface area contributed by atoms with E-state index >= 15 is 0 Å². The zero-order chi connectivity index (χ0) is 20.8. The van der Waals surface area contributed by atoms with Crippen molar-refractivity contribution in [3.05, 3.63) is 41.0 Å². The number of ether oxygens (including phenoxy) is 1. The molecule has 0 saturated heterocycles. The molecule has 4 rings (SSSR count). The SMILES string of the molecule is CCOC(=O)C=C1CC[C@H]2[C@@H]3CCc4cc(OS(N)(=O)=O)ccc4[C@H]3CC[C@]12C. The van der Waals surface area contributed by atoms with E-state index < -0.39 is 10.3 Å². The van der Waals surface area contributed by atoms with Crippen LogP contribution in [0.5, 0.6) is 5.75 Å². The van der Waals surface area contributed by atoms with Gasteiger partial charge < -0.3 is 8.92 Å². The van der Waals surface area contributed by atoms with Crippen LogP contribution in [0.1, 0.15) is 63.0 Å².